The number of rotatable bonds is 11. The van der Waals surface area contributed by atoms with Crippen molar-refractivity contribution in [1.29, 1.82) is 0 Å². The number of unbranched alkanes of at least 4 members (excludes halogenated alkanes) is 1. The third-order valence-corrected chi connectivity index (χ3v) is 4.68. The summed E-state index contributed by atoms with van der Waals surface area (Å²) in [5, 5.41) is 5.49. The second-order valence-corrected chi connectivity index (χ2v) is 7.16. The Morgan fingerprint density at radius 3 is 2.57 bits per heavy atom. The van der Waals surface area contributed by atoms with Gasteiger partial charge in [0.1, 0.15) is 11.6 Å². The van der Waals surface area contributed by atoms with Crippen molar-refractivity contribution in [2.75, 3.05) is 23.4 Å². The standard InChI is InChI=1S/C21H25FN2O3S/c1-2-3-11-27-19-6-4-5-16(12-19)13-23-20(25)14-28-15-21(26)24-18-9-7-17(22)8-10-18/h4-10,12H,2-3,11,13-15H2,1H3,(H,23,25)(H,24,26). The molecule has 0 radical (unpaired) electrons. The quantitative estimate of drug-likeness (QED) is 0.556. The van der Waals surface area contributed by atoms with Gasteiger partial charge >= 0.3 is 0 Å². The number of carbonyl (C=O) groups is 2. The lowest BCUT2D eigenvalue weighted by Crippen LogP contribution is -2.25. The van der Waals surface area contributed by atoms with Crippen LogP contribution in [0.15, 0.2) is 48.5 Å². The molecule has 2 rings (SSSR count). The molecule has 0 atom stereocenters. The lowest BCUT2D eigenvalue weighted by molar-refractivity contribution is -0.118. The highest BCUT2D eigenvalue weighted by atomic mass is 32.2. The highest BCUT2D eigenvalue weighted by Crippen LogP contribution is 2.14. The summed E-state index contributed by atoms with van der Waals surface area (Å²) in [6.07, 6.45) is 2.09. The van der Waals surface area contributed by atoms with Crippen molar-refractivity contribution in [2.45, 2.75) is 26.3 Å². The van der Waals surface area contributed by atoms with Crippen LogP contribution in [0, 0.1) is 5.82 Å². The van der Waals surface area contributed by atoms with E-state index in [1.54, 1.807) is 0 Å². The molecule has 0 spiro atoms. The molecule has 5 nitrogen and oxygen atoms in total. The van der Waals surface area contributed by atoms with Crippen LogP contribution >= 0.6 is 11.8 Å². The smallest absolute Gasteiger partial charge is 0.234 e. The molecule has 0 bridgehead atoms. The fourth-order valence-electron chi connectivity index (χ4n) is 2.30. The summed E-state index contributed by atoms with van der Waals surface area (Å²) in [6.45, 7) is 3.20. The molecule has 2 amide bonds. The van der Waals surface area contributed by atoms with Crippen molar-refractivity contribution < 1.29 is 18.7 Å². The first-order valence-electron chi connectivity index (χ1n) is 9.18. The Morgan fingerprint density at radius 1 is 1.07 bits per heavy atom. The fraction of sp³-hybridized carbons (Fsp3) is 0.333. The Hall–Kier alpha value is -2.54. The first-order valence-corrected chi connectivity index (χ1v) is 10.3. The topological polar surface area (TPSA) is 67.4 Å². The van der Waals surface area contributed by atoms with E-state index < -0.39 is 0 Å². The van der Waals surface area contributed by atoms with Gasteiger partial charge in [-0.25, -0.2) is 4.39 Å². The minimum atomic E-state index is -0.359. The van der Waals surface area contributed by atoms with Gasteiger partial charge in [0, 0.05) is 12.2 Å². The number of thioether (sulfide) groups is 1. The zero-order valence-corrected chi connectivity index (χ0v) is 16.7. The molecule has 0 saturated carbocycles. The molecule has 0 unspecified atom stereocenters. The summed E-state index contributed by atoms with van der Waals surface area (Å²) < 4.78 is 18.5. The number of carbonyl (C=O) groups excluding carboxylic acids is 2. The van der Waals surface area contributed by atoms with Gasteiger partial charge in [-0.05, 0) is 48.4 Å². The molecule has 0 heterocycles. The second kappa shape index (κ2) is 12.0. The van der Waals surface area contributed by atoms with Crippen LogP contribution in [0.2, 0.25) is 0 Å². The average molecular weight is 405 g/mol. The van der Waals surface area contributed by atoms with Gasteiger partial charge < -0.3 is 15.4 Å². The molecule has 2 N–H and O–H groups in total. The largest absolute Gasteiger partial charge is 0.494 e. The molecule has 2 aromatic rings. The number of hydrogen-bond acceptors (Lipinski definition) is 4. The Morgan fingerprint density at radius 2 is 1.82 bits per heavy atom. The van der Waals surface area contributed by atoms with Crippen LogP contribution < -0.4 is 15.4 Å². The molecule has 0 aliphatic rings. The van der Waals surface area contributed by atoms with E-state index in [0.717, 1.165) is 24.2 Å². The van der Waals surface area contributed by atoms with Crippen LogP contribution in [0.4, 0.5) is 10.1 Å². The van der Waals surface area contributed by atoms with Crippen molar-refractivity contribution >= 4 is 29.3 Å². The lowest BCUT2D eigenvalue weighted by atomic mass is 10.2. The molecule has 0 fully saturated rings. The Labute approximate surface area is 169 Å². The van der Waals surface area contributed by atoms with Crippen molar-refractivity contribution in [2.24, 2.45) is 0 Å². The van der Waals surface area contributed by atoms with E-state index in [-0.39, 0.29) is 29.1 Å². The van der Waals surface area contributed by atoms with Gasteiger partial charge in [-0.3, -0.25) is 9.59 Å². The fourth-order valence-corrected chi connectivity index (χ4v) is 2.95. The Balaban J connectivity index is 1.65. The van der Waals surface area contributed by atoms with Crippen molar-refractivity contribution in [1.82, 2.24) is 5.32 Å². The van der Waals surface area contributed by atoms with E-state index in [0.29, 0.717) is 18.8 Å². The van der Waals surface area contributed by atoms with Gasteiger partial charge in [0.15, 0.2) is 0 Å². The highest BCUT2D eigenvalue weighted by molar-refractivity contribution is 8.00. The molecule has 150 valence electrons. The maximum Gasteiger partial charge on any atom is 0.234 e. The number of ether oxygens (including phenoxy) is 1. The Bertz CT molecular complexity index is 769. The van der Waals surface area contributed by atoms with Crippen molar-refractivity contribution in [3.63, 3.8) is 0 Å². The normalized spacial score (nSPS) is 10.4. The molecule has 7 heteroatoms. The summed E-state index contributed by atoms with van der Waals surface area (Å²) in [6, 6.07) is 13.2. The zero-order valence-electron chi connectivity index (χ0n) is 15.9. The lowest BCUT2D eigenvalue weighted by Gasteiger charge is -2.09. The number of hydrogen-bond donors (Lipinski definition) is 2. The second-order valence-electron chi connectivity index (χ2n) is 6.17. The summed E-state index contributed by atoms with van der Waals surface area (Å²) in [4.78, 5) is 23.8. The third-order valence-electron chi connectivity index (χ3n) is 3.75. The average Bonchev–Trinajstić information content (AvgIpc) is 2.69. The molecular formula is C21H25FN2O3S. The number of benzene rings is 2. The third kappa shape index (κ3) is 8.43. The van der Waals surface area contributed by atoms with Gasteiger partial charge in [-0.15, -0.1) is 11.8 Å². The Kier molecular flexibility index (Phi) is 9.34. The highest BCUT2D eigenvalue weighted by Gasteiger charge is 2.07. The molecule has 0 aliphatic carbocycles. The van der Waals surface area contributed by atoms with Crippen LogP contribution in [0.5, 0.6) is 5.75 Å². The van der Waals surface area contributed by atoms with Crippen LogP contribution in [-0.4, -0.2) is 29.9 Å². The monoisotopic (exact) mass is 404 g/mol. The molecule has 2 aromatic carbocycles. The minimum Gasteiger partial charge on any atom is -0.494 e. The van der Waals surface area contributed by atoms with E-state index >= 15 is 0 Å². The van der Waals surface area contributed by atoms with Gasteiger partial charge in [0.2, 0.25) is 11.8 Å². The van der Waals surface area contributed by atoms with Gasteiger partial charge in [-0.2, -0.15) is 0 Å². The maximum absolute atomic E-state index is 12.8. The van der Waals surface area contributed by atoms with E-state index in [1.807, 2.05) is 24.3 Å². The SMILES string of the molecule is CCCCOc1cccc(CNC(=O)CSCC(=O)Nc2ccc(F)cc2)c1. The van der Waals surface area contributed by atoms with Crippen molar-refractivity contribution in [3.05, 3.63) is 59.9 Å². The number of amides is 2. The summed E-state index contributed by atoms with van der Waals surface area (Å²) in [5.74, 6) is 0.391. The van der Waals surface area contributed by atoms with Crippen LogP contribution in [0.1, 0.15) is 25.3 Å². The van der Waals surface area contributed by atoms with E-state index in [4.69, 9.17) is 4.74 Å². The number of halogens is 1. The van der Waals surface area contributed by atoms with Gasteiger partial charge in [0.05, 0.1) is 18.1 Å². The summed E-state index contributed by atoms with van der Waals surface area (Å²) in [7, 11) is 0. The molecule has 28 heavy (non-hydrogen) atoms. The predicted octanol–water partition coefficient (Wildman–Crippen LogP) is 3.99. The van der Waals surface area contributed by atoms with Crippen LogP contribution in [0.3, 0.4) is 0 Å². The molecule has 0 saturated heterocycles. The molecule has 0 aromatic heterocycles. The van der Waals surface area contributed by atoms with Crippen molar-refractivity contribution in [3.8, 4) is 5.75 Å². The first kappa shape index (κ1) is 21.8. The summed E-state index contributed by atoms with van der Waals surface area (Å²) >= 11 is 1.22. The van der Waals surface area contributed by atoms with Gasteiger partial charge in [-0.1, -0.05) is 25.5 Å². The van der Waals surface area contributed by atoms with E-state index in [1.165, 1.54) is 36.0 Å². The summed E-state index contributed by atoms with van der Waals surface area (Å²) in [5.41, 5.74) is 1.49. The van der Waals surface area contributed by atoms with Gasteiger partial charge in [0.25, 0.3) is 0 Å². The zero-order chi connectivity index (χ0) is 20.2. The first-order chi connectivity index (χ1) is 13.6. The minimum absolute atomic E-state index is 0.142. The molecular weight excluding hydrogens is 379 g/mol. The van der Waals surface area contributed by atoms with E-state index in [9.17, 15) is 14.0 Å². The number of nitrogens with one attached hydrogen (secondary N) is 2. The predicted molar refractivity (Wildman–Crippen MR) is 111 cm³/mol. The molecule has 0 aliphatic heterocycles. The number of anilines is 1. The maximum atomic E-state index is 12.8. The van der Waals surface area contributed by atoms with Crippen LogP contribution in [0.25, 0.3) is 0 Å². The van der Waals surface area contributed by atoms with E-state index in [2.05, 4.69) is 17.6 Å². The van der Waals surface area contributed by atoms with Crippen LogP contribution in [-0.2, 0) is 16.1 Å².